The molecule has 0 saturated carbocycles. The minimum absolute atomic E-state index is 0.0806. The van der Waals surface area contributed by atoms with E-state index in [1.807, 2.05) is 13.8 Å². The first-order valence-corrected chi connectivity index (χ1v) is 8.92. The number of amides is 1. The second-order valence-corrected chi connectivity index (χ2v) is 8.48. The molecule has 4 nitrogen and oxygen atoms in total. The van der Waals surface area contributed by atoms with Crippen LogP contribution in [-0.2, 0) is 9.05 Å². The summed E-state index contributed by atoms with van der Waals surface area (Å²) < 4.78 is 37.1. The van der Waals surface area contributed by atoms with Gasteiger partial charge in [-0.05, 0) is 51.3 Å². The molecule has 1 saturated heterocycles. The van der Waals surface area contributed by atoms with Crippen molar-refractivity contribution in [2.45, 2.75) is 44.0 Å². The third kappa shape index (κ3) is 3.06. The maximum atomic E-state index is 14.2. The number of rotatable bonds is 2. The molecule has 0 N–H and O–H groups in total. The number of likely N-dealkylation sites (tertiary alicyclic amines) is 1. The van der Waals surface area contributed by atoms with Crippen molar-refractivity contribution >= 4 is 25.6 Å². The molecule has 1 aliphatic heterocycles. The quantitative estimate of drug-likeness (QED) is 0.781. The third-order valence-electron chi connectivity index (χ3n) is 3.89. The van der Waals surface area contributed by atoms with Crippen LogP contribution in [0.4, 0.5) is 4.39 Å². The SMILES string of the molecule is Cc1cc(S(=O)(=O)Cl)cc(C(=O)N2CCCC2(C)C)c1F. The molecule has 0 radical (unpaired) electrons. The zero-order valence-corrected chi connectivity index (χ0v) is 13.7. The highest BCUT2D eigenvalue weighted by Gasteiger charge is 2.37. The van der Waals surface area contributed by atoms with Crippen molar-refractivity contribution in [1.82, 2.24) is 4.90 Å². The lowest BCUT2D eigenvalue weighted by Gasteiger charge is -2.32. The predicted octanol–water partition coefficient (Wildman–Crippen LogP) is 3.08. The molecule has 1 fully saturated rings. The van der Waals surface area contributed by atoms with Gasteiger partial charge in [-0.3, -0.25) is 4.79 Å². The molecule has 0 unspecified atom stereocenters. The van der Waals surface area contributed by atoms with E-state index in [0.29, 0.717) is 6.54 Å². The van der Waals surface area contributed by atoms with Crippen LogP contribution in [0.2, 0.25) is 0 Å². The summed E-state index contributed by atoms with van der Waals surface area (Å²) in [5.41, 5.74) is -0.533. The largest absolute Gasteiger partial charge is 0.333 e. The average Bonchev–Trinajstić information content (AvgIpc) is 2.70. The van der Waals surface area contributed by atoms with Crippen molar-refractivity contribution in [3.05, 3.63) is 29.1 Å². The summed E-state index contributed by atoms with van der Waals surface area (Å²) in [7, 11) is 1.28. The Morgan fingerprint density at radius 3 is 2.48 bits per heavy atom. The van der Waals surface area contributed by atoms with Crippen LogP contribution in [0.3, 0.4) is 0 Å². The van der Waals surface area contributed by atoms with Gasteiger partial charge in [-0.1, -0.05) is 0 Å². The topological polar surface area (TPSA) is 54.5 Å². The zero-order valence-electron chi connectivity index (χ0n) is 12.1. The second-order valence-electron chi connectivity index (χ2n) is 5.91. The lowest BCUT2D eigenvalue weighted by molar-refractivity contribution is 0.0646. The van der Waals surface area contributed by atoms with Gasteiger partial charge in [0.25, 0.3) is 15.0 Å². The van der Waals surface area contributed by atoms with Gasteiger partial charge in [0, 0.05) is 22.8 Å². The van der Waals surface area contributed by atoms with Crippen LogP contribution >= 0.6 is 10.7 Å². The van der Waals surface area contributed by atoms with Crippen LogP contribution < -0.4 is 0 Å². The molecule has 7 heteroatoms. The maximum absolute atomic E-state index is 14.2. The molecule has 1 aliphatic rings. The van der Waals surface area contributed by atoms with E-state index < -0.39 is 20.8 Å². The fourth-order valence-corrected chi connectivity index (χ4v) is 3.51. The van der Waals surface area contributed by atoms with Crippen LogP contribution in [0.5, 0.6) is 0 Å². The first kappa shape index (κ1) is 16.2. The first-order valence-electron chi connectivity index (χ1n) is 6.61. The number of carbonyl (C=O) groups is 1. The van der Waals surface area contributed by atoms with Crippen molar-refractivity contribution in [3.8, 4) is 0 Å². The summed E-state index contributed by atoms with van der Waals surface area (Å²) >= 11 is 0. The Labute approximate surface area is 128 Å². The lowest BCUT2D eigenvalue weighted by Crippen LogP contribution is -2.43. The van der Waals surface area contributed by atoms with Crippen molar-refractivity contribution in [2.24, 2.45) is 0 Å². The molecule has 0 bridgehead atoms. The highest BCUT2D eigenvalue weighted by Crippen LogP contribution is 2.31. The Morgan fingerprint density at radius 1 is 1.38 bits per heavy atom. The van der Waals surface area contributed by atoms with Gasteiger partial charge >= 0.3 is 0 Å². The Kier molecular flexibility index (Phi) is 4.06. The summed E-state index contributed by atoms with van der Waals surface area (Å²) in [5, 5.41) is 0. The lowest BCUT2D eigenvalue weighted by atomic mass is 10.0. The molecule has 0 aliphatic carbocycles. The highest BCUT2D eigenvalue weighted by molar-refractivity contribution is 8.13. The van der Waals surface area contributed by atoms with Gasteiger partial charge in [0.05, 0.1) is 10.5 Å². The summed E-state index contributed by atoms with van der Waals surface area (Å²) in [6.45, 7) is 5.75. The smallest absolute Gasteiger partial charge is 0.261 e. The Balaban J connectivity index is 2.53. The Hall–Kier alpha value is -1.14. The molecular weight excluding hydrogens is 317 g/mol. The molecule has 21 heavy (non-hydrogen) atoms. The normalized spacial score (nSPS) is 18.0. The van der Waals surface area contributed by atoms with Crippen LogP contribution in [0.1, 0.15) is 42.6 Å². The number of halogens is 2. The molecule has 1 aromatic rings. The van der Waals surface area contributed by atoms with Crippen molar-refractivity contribution in [3.63, 3.8) is 0 Å². The molecule has 0 spiro atoms. The van der Waals surface area contributed by atoms with Gasteiger partial charge in [0.2, 0.25) is 0 Å². The minimum Gasteiger partial charge on any atom is -0.333 e. The van der Waals surface area contributed by atoms with Gasteiger partial charge in [-0.15, -0.1) is 0 Å². The van der Waals surface area contributed by atoms with Gasteiger partial charge in [0.1, 0.15) is 5.82 Å². The van der Waals surface area contributed by atoms with Crippen molar-refractivity contribution in [2.75, 3.05) is 6.54 Å². The number of carbonyl (C=O) groups excluding carboxylic acids is 1. The molecule has 1 heterocycles. The summed E-state index contributed by atoms with van der Waals surface area (Å²) in [5.74, 6) is -1.20. The summed E-state index contributed by atoms with van der Waals surface area (Å²) in [6.07, 6.45) is 1.67. The molecule has 116 valence electrons. The van der Waals surface area contributed by atoms with Gasteiger partial charge in [0.15, 0.2) is 0 Å². The van der Waals surface area contributed by atoms with Crippen molar-refractivity contribution in [1.29, 1.82) is 0 Å². The van der Waals surface area contributed by atoms with Gasteiger partial charge < -0.3 is 4.90 Å². The van der Waals surface area contributed by atoms with E-state index in [1.165, 1.54) is 6.92 Å². The fraction of sp³-hybridized carbons (Fsp3) is 0.500. The van der Waals surface area contributed by atoms with E-state index in [2.05, 4.69) is 0 Å². The molecule has 1 aromatic carbocycles. The fourth-order valence-electron chi connectivity index (χ4n) is 2.66. The number of nitrogens with zero attached hydrogens (tertiary/aromatic N) is 1. The third-order valence-corrected chi connectivity index (χ3v) is 5.22. The number of aryl methyl sites for hydroxylation is 1. The van der Waals surface area contributed by atoms with E-state index in [0.717, 1.165) is 25.0 Å². The minimum atomic E-state index is -4.02. The molecule has 0 atom stereocenters. The van der Waals surface area contributed by atoms with Gasteiger partial charge in [-0.2, -0.15) is 0 Å². The monoisotopic (exact) mass is 333 g/mol. The zero-order chi connectivity index (χ0) is 16.0. The maximum Gasteiger partial charge on any atom is 0.261 e. The number of hydrogen-bond donors (Lipinski definition) is 0. The second kappa shape index (κ2) is 5.25. The molecule has 0 aromatic heterocycles. The van der Waals surface area contributed by atoms with Crippen LogP contribution in [-0.4, -0.2) is 31.3 Å². The average molecular weight is 334 g/mol. The van der Waals surface area contributed by atoms with E-state index in [-0.39, 0.29) is 21.6 Å². The predicted molar refractivity (Wildman–Crippen MR) is 78.5 cm³/mol. The highest BCUT2D eigenvalue weighted by atomic mass is 35.7. The van der Waals surface area contributed by atoms with Crippen molar-refractivity contribution < 1.29 is 17.6 Å². The van der Waals surface area contributed by atoms with Crippen LogP contribution in [0, 0.1) is 12.7 Å². The van der Waals surface area contributed by atoms with E-state index >= 15 is 0 Å². The molecule has 1 amide bonds. The van der Waals surface area contributed by atoms with Crippen LogP contribution in [0.15, 0.2) is 17.0 Å². The van der Waals surface area contributed by atoms with Gasteiger partial charge in [-0.25, -0.2) is 12.8 Å². The van der Waals surface area contributed by atoms with E-state index in [4.69, 9.17) is 10.7 Å². The standard InChI is InChI=1S/C14H17ClFNO3S/c1-9-7-10(21(15,19)20)8-11(12(9)16)13(18)17-6-4-5-14(17,2)3/h7-8H,4-6H2,1-3H3. The Morgan fingerprint density at radius 2 is 2.00 bits per heavy atom. The first-order chi connectivity index (χ1) is 9.54. The Bertz CT molecular complexity index is 700. The molecular formula is C14H17ClFNO3S. The summed E-state index contributed by atoms with van der Waals surface area (Å²) in [4.78, 5) is 13.9. The number of benzene rings is 1. The summed E-state index contributed by atoms with van der Waals surface area (Å²) in [6, 6.07) is 2.14. The van der Waals surface area contributed by atoms with Crippen LogP contribution in [0.25, 0.3) is 0 Å². The van der Waals surface area contributed by atoms with E-state index in [9.17, 15) is 17.6 Å². The number of hydrogen-bond acceptors (Lipinski definition) is 3. The molecule has 2 rings (SSSR count). The van der Waals surface area contributed by atoms with E-state index in [1.54, 1.807) is 4.90 Å².